The molecule has 0 atom stereocenters. The van der Waals surface area contributed by atoms with Crippen LogP contribution in [0.25, 0.3) is 22.3 Å². The van der Waals surface area contributed by atoms with Gasteiger partial charge in [-0.1, -0.05) is 30.3 Å². The van der Waals surface area contributed by atoms with Crippen molar-refractivity contribution in [3.05, 3.63) is 83.7 Å². The van der Waals surface area contributed by atoms with E-state index in [-0.39, 0.29) is 17.9 Å². The standard InChI is InChI=1S/C22H14F6N4/c23-21(24,25)15-5-3-4-14(10-15)19-31-17-7-2-1-6-16(17)20(32-19)30-12-13-8-9-18(29-11-13)22(26,27)28/h1-11H,12H2,(H,30,31,32). The van der Waals surface area contributed by atoms with Crippen LogP contribution in [-0.4, -0.2) is 15.0 Å². The van der Waals surface area contributed by atoms with Gasteiger partial charge in [0.05, 0.1) is 11.1 Å². The van der Waals surface area contributed by atoms with Crippen LogP contribution in [0.3, 0.4) is 0 Å². The molecule has 0 aliphatic rings. The molecule has 4 aromatic rings. The summed E-state index contributed by atoms with van der Waals surface area (Å²) in [6.07, 6.45) is -7.94. The number of para-hydroxylation sites is 1. The SMILES string of the molecule is FC(F)(F)c1cccc(-c2nc(NCc3ccc(C(F)(F)F)nc3)c3ccccc3n2)c1. The first-order valence-corrected chi connectivity index (χ1v) is 9.32. The molecule has 0 aliphatic carbocycles. The zero-order valence-corrected chi connectivity index (χ0v) is 16.2. The Labute approximate surface area is 178 Å². The van der Waals surface area contributed by atoms with Crippen molar-refractivity contribution in [2.24, 2.45) is 0 Å². The lowest BCUT2D eigenvalue weighted by Crippen LogP contribution is -2.09. The van der Waals surface area contributed by atoms with E-state index >= 15 is 0 Å². The number of anilines is 1. The van der Waals surface area contributed by atoms with Gasteiger partial charge in [-0.3, -0.25) is 4.98 Å². The molecule has 0 saturated carbocycles. The molecule has 0 aliphatic heterocycles. The Morgan fingerprint density at radius 2 is 1.56 bits per heavy atom. The fourth-order valence-corrected chi connectivity index (χ4v) is 3.06. The van der Waals surface area contributed by atoms with Crippen LogP contribution in [0.15, 0.2) is 66.9 Å². The average molecular weight is 448 g/mol. The molecule has 0 radical (unpaired) electrons. The van der Waals surface area contributed by atoms with Crippen LogP contribution >= 0.6 is 0 Å². The molecule has 0 fully saturated rings. The first kappa shape index (κ1) is 21.5. The number of benzene rings is 2. The van der Waals surface area contributed by atoms with E-state index in [1.807, 2.05) is 0 Å². The maximum atomic E-state index is 13.1. The Morgan fingerprint density at radius 3 is 2.25 bits per heavy atom. The number of alkyl halides is 6. The van der Waals surface area contributed by atoms with E-state index in [2.05, 4.69) is 20.3 Å². The Morgan fingerprint density at radius 1 is 0.781 bits per heavy atom. The van der Waals surface area contributed by atoms with Gasteiger partial charge in [-0.25, -0.2) is 9.97 Å². The Bertz CT molecular complexity index is 1250. The van der Waals surface area contributed by atoms with E-state index in [1.54, 1.807) is 24.3 Å². The lowest BCUT2D eigenvalue weighted by atomic mass is 10.1. The zero-order chi connectivity index (χ0) is 22.9. The highest BCUT2D eigenvalue weighted by Crippen LogP contribution is 2.32. The van der Waals surface area contributed by atoms with E-state index in [1.165, 1.54) is 18.2 Å². The Hall–Kier alpha value is -3.69. The van der Waals surface area contributed by atoms with E-state index in [9.17, 15) is 26.3 Å². The molecule has 4 nitrogen and oxygen atoms in total. The molecule has 0 spiro atoms. The van der Waals surface area contributed by atoms with Gasteiger partial charge in [-0.05, 0) is 35.9 Å². The number of hydrogen-bond acceptors (Lipinski definition) is 4. The number of nitrogens with one attached hydrogen (secondary N) is 1. The van der Waals surface area contributed by atoms with Crippen molar-refractivity contribution < 1.29 is 26.3 Å². The summed E-state index contributed by atoms with van der Waals surface area (Å²) in [5.74, 6) is 0.422. The third kappa shape index (κ3) is 4.63. The van der Waals surface area contributed by atoms with Crippen molar-refractivity contribution in [2.75, 3.05) is 5.32 Å². The predicted octanol–water partition coefficient (Wildman–Crippen LogP) is 6.34. The van der Waals surface area contributed by atoms with Crippen molar-refractivity contribution in [1.82, 2.24) is 15.0 Å². The molecule has 2 aromatic heterocycles. The second kappa shape index (κ2) is 8.10. The molecule has 2 aromatic carbocycles. The molecule has 4 rings (SSSR count). The quantitative estimate of drug-likeness (QED) is 0.370. The molecule has 0 unspecified atom stereocenters. The van der Waals surface area contributed by atoms with Crippen LogP contribution < -0.4 is 5.32 Å². The average Bonchev–Trinajstić information content (AvgIpc) is 2.76. The first-order valence-electron chi connectivity index (χ1n) is 9.32. The van der Waals surface area contributed by atoms with Gasteiger partial charge in [0, 0.05) is 23.7 Å². The molecule has 164 valence electrons. The molecule has 32 heavy (non-hydrogen) atoms. The highest BCUT2D eigenvalue weighted by atomic mass is 19.4. The van der Waals surface area contributed by atoms with Gasteiger partial charge in [0.15, 0.2) is 5.82 Å². The molecular formula is C22H14F6N4. The highest BCUT2D eigenvalue weighted by molar-refractivity contribution is 5.90. The number of aromatic nitrogens is 3. The minimum atomic E-state index is -4.53. The number of rotatable bonds is 4. The number of fused-ring (bicyclic) bond motifs is 1. The van der Waals surface area contributed by atoms with E-state index in [0.717, 1.165) is 24.4 Å². The summed E-state index contributed by atoms with van der Waals surface area (Å²) in [4.78, 5) is 12.2. The number of halogens is 6. The largest absolute Gasteiger partial charge is 0.433 e. The summed E-state index contributed by atoms with van der Waals surface area (Å²) in [6.45, 7) is 0.105. The molecule has 2 heterocycles. The maximum absolute atomic E-state index is 13.1. The Kier molecular flexibility index (Phi) is 5.45. The van der Waals surface area contributed by atoms with Crippen LogP contribution in [0.5, 0.6) is 0 Å². The third-order valence-electron chi connectivity index (χ3n) is 4.63. The minimum absolute atomic E-state index is 0.0860. The summed E-state index contributed by atoms with van der Waals surface area (Å²) in [7, 11) is 0. The lowest BCUT2D eigenvalue weighted by Gasteiger charge is -2.13. The first-order chi connectivity index (χ1) is 15.1. The topological polar surface area (TPSA) is 50.7 Å². The van der Waals surface area contributed by atoms with Crippen molar-refractivity contribution in [3.8, 4) is 11.4 Å². The molecule has 1 N–H and O–H groups in total. The van der Waals surface area contributed by atoms with Gasteiger partial charge >= 0.3 is 12.4 Å². The van der Waals surface area contributed by atoms with Crippen LogP contribution in [0.4, 0.5) is 32.2 Å². The van der Waals surface area contributed by atoms with Crippen LogP contribution in [0.2, 0.25) is 0 Å². The van der Waals surface area contributed by atoms with Crippen molar-refractivity contribution in [2.45, 2.75) is 18.9 Å². The van der Waals surface area contributed by atoms with Gasteiger partial charge in [0.1, 0.15) is 11.5 Å². The number of pyridine rings is 1. The number of hydrogen-bond donors (Lipinski definition) is 1. The second-order valence-electron chi connectivity index (χ2n) is 6.89. The van der Waals surface area contributed by atoms with Crippen LogP contribution in [0, 0.1) is 0 Å². The van der Waals surface area contributed by atoms with Gasteiger partial charge in [-0.2, -0.15) is 26.3 Å². The lowest BCUT2D eigenvalue weighted by molar-refractivity contribution is -0.141. The highest BCUT2D eigenvalue weighted by Gasteiger charge is 2.32. The van der Waals surface area contributed by atoms with E-state index < -0.39 is 23.6 Å². The summed E-state index contributed by atoms with van der Waals surface area (Å²) < 4.78 is 77.4. The van der Waals surface area contributed by atoms with Crippen LogP contribution in [-0.2, 0) is 18.9 Å². The van der Waals surface area contributed by atoms with Crippen molar-refractivity contribution >= 4 is 16.7 Å². The normalized spacial score (nSPS) is 12.2. The predicted molar refractivity (Wildman–Crippen MR) is 107 cm³/mol. The summed E-state index contributed by atoms with van der Waals surface area (Å²) in [5, 5.41) is 3.64. The smallest absolute Gasteiger partial charge is 0.365 e. The Balaban J connectivity index is 1.67. The maximum Gasteiger partial charge on any atom is 0.433 e. The molecular weight excluding hydrogens is 434 g/mol. The summed E-state index contributed by atoms with van der Waals surface area (Å²) in [5.41, 5.74) is -0.660. The fourth-order valence-electron chi connectivity index (χ4n) is 3.06. The van der Waals surface area contributed by atoms with Gasteiger partial charge < -0.3 is 5.32 Å². The fraction of sp³-hybridized carbons (Fsp3) is 0.136. The molecule has 0 amide bonds. The van der Waals surface area contributed by atoms with Crippen molar-refractivity contribution in [1.29, 1.82) is 0 Å². The van der Waals surface area contributed by atoms with Gasteiger partial charge in [0.25, 0.3) is 0 Å². The zero-order valence-electron chi connectivity index (χ0n) is 16.2. The van der Waals surface area contributed by atoms with Gasteiger partial charge in [0.2, 0.25) is 0 Å². The molecule has 0 bridgehead atoms. The van der Waals surface area contributed by atoms with E-state index in [4.69, 9.17) is 0 Å². The monoisotopic (exact) mass is 448 g/mol. The van der Waals surface area contributed by atoms with Crippen molar-refractivity contribution in [3.63, 3.8) is 0 Å². The van der Waals surface area contributed by atoms with Gasteiger partial charge in [-0.15, -0.1) is 0 Å². The molecule has 0 saturated heterocycles. The molecule has 10 heteroatoms. The summed E-state index contributed by atoms with van der Waals surface area (Å²) >= 11 is 0. The minimum Gasteiger partial charge on any atom is -0.365 e. The van der Waals surface area contributed by atoms with Crippen LogP contribution in [0.1, 0.15) is 16.8 Å². The summed E-state index contributed by atoms with van der Waals surface area (Å²) in [6, 6.07) is 13.8. The second-order valence-corrected chi connectivity index (χ2v) is 6.89. The van der Waals surface area contributed by atoms with E-state index in [0.29, 0.717) is 22.3 Å². The number of nitrogens with zero attached hydrogens (tertiary/aromatic N) is 3. The third-order valence-corrected chi connectivity index (χ3v) is 4.63.